The normalized spacial score (nSPS) is 18.9. The maximum Gasteiger partial charge on any atom is 0.224 e. The molecule has 0 radical (unpaired) electrons. The highest BCUT2D eigenvalue weighted by Gasteiger charge is 2.24. The van der Waals surface area contributed by atoms with Gasteiger partial charge in [0.05, 0.1) is 17.4 Å². The number of nitrogens with zero attached hydrogens (tertiary/aromatic N) is 3. The third-order valence-electron chi connectivity index (χ3n) is 4.07. The lowest BCUT2D eigenvalue weighted by Gasteiger charge is -2.16. The number of rotatable bonds is 4. The van der Waals surface area contributed by atoms with Crippen molar-refractivity contribution in [3.63, 3.8) is 0 Å². The van der Waals surface area contributed by atoms with Crippen molar-refractivity contribution in [2.45, 2.75) is 19.4 Å². The number of para-hydroxylation sites is 2. The number of fused-ring (bicyclic) bond motifs is 1. The smallest absolute Gasteiger partial charge is 0.224 e. The first-order chi connectivity index (χ1) is 9.78. The van der Waals surface area contributed by atoms with Gasteiger partial charge in [-0.1, -0.05) is 12.1 Å². The fourth-order valence-electron chi connectivity index (χ4n) is 2.81. The summed E-state index contributed by atoms with van der Waals surface area (Å²) in [5.74, 6) is 0.701. The molecule has 0 saturated carbocycles. The van der Waals surface area contributed by atoms with Gasteiger partial charge in [0.25, 0.3) is 0 Å². The van der Waals surface area contributed by atoms with E-state index in [9.17, 15) is 4.79 Å². The molecule has 5 heteroatoms. The zero-order chi connectivity index (χ0) is 13.9. The molecule has 106 valence electrons. The van der Waals surface area contributed by atoms with Gasteiger partial charge in [-0.3, -0.25) is 4.79 Å². The highest BCUT2D eigenvalue weighted by atomic mass is 16.2. The van der Waals surface area contributed by atoms with Crippen molar-refractivity contribution >= 4 is 16.9 Å². The minimum absolute atomic E-state index is 0.221. The van der Waals surface area contributed by atoms with Crippen molar-refractivity contribution in [1.29, 1.82) is 0 Å². The predicted octanol–water partition coefficient (Wildman–Crippen LogP) is 1.23. The molecule has 2 aromatic rings. The number of imidazole rings is 1. The van der Waals surface area contributed by atoms with E-state index in [1.807, 2.05) is 40.1 Å². The van der Waals surface area contributed by atoms with E-state index in [0.717, 1.165) is 30.5 Å². The van der Waals surface area contributed by atoms with Crippen LogP contribution in [0.2, 0.25) is 0 Å². The van der Waals surface area contributed by atoms with E-state index in [0.29, 0.717) is 25.4 Å². The van der Waals surface area contributed by atoms with E-state index >= 15 is 0 Å². The molecule has 0 aliphatic carbocycles. The Morgan fingerprint density at radius 2 is 2.25 bits per heavy atom. The summed E-state index contributed by atoms with van der Waals surface area (Å²) in [4.78, 5) is 18.5. The number of likely N-dealkylation sites (tertiary alicyclic amines) is 1. The van der Waals surface area contributed by atoms with Crippen LogP contribution in [0.5, 0.6) is 0 Å². The summed E-state index contributed by atoms with van der Waals surface area (Å²) in [5.41, 5.74) is 7.72. The summed E-state index contributed by atoms with van der Waals surface area (Å²) in [6.45, 7) is 3.03. The molecule has 3 rings (SSSR count). The lowest BCUT2D eigenvalue weighted by Crippen LogP contribution is -2.30. The third-order valence-corrected chi connectivity index (χ3v) is 4.07. The van der Waals surface area contributed by atoms with E-state index in [1.54, 1.807) is 0 Å². The van der Waals surface area contributed by atoms with Gasteiger partial charge in [-0.15, -0.1) is 0 Å². The van der Waals surface area contributed by atoms with Crippen LogP contribution < -0.4 is 5.73 Å². The molecule has 1 aliphatic rings. The molecule has 5 nitrogen and oxygen atoms in total. The number of carbonyl (C=O) groups excluding carboxylic acids is 1. The standard InChI is InChI=1S/C15H20N4O/c16-9-12-5-7-18(10-12)15(20)6-8-19-11-17-13-3-1-2-4-14(13)19/h1-4,11-12H,5-10,16H2. The molecule has 1 aliphatic heterocycles. The van der Waals surface area contributed by atoms with Crippen molar-refractivity contribution < 1.29 is 4.79 Å². The van der Waals surface area contributed by atoms with Gasteiger partial charge in [-0.25, -0.2) is 4.98 Å². The summed E-state index contributed by atoms with van der Waals surface area (Å²) in [6, 6.07) is 7.99. The first kappa shape index (κ1) is 13.1. The molecule has 1 unspecified atom stereocenters. The van der Waals surface area contributed by atoms with Crippen LogP contribution in [0.1, 0.15) is 12.8 Å². The summed E-state index contributed by atoms with van der Waals surface area (Å²) in [5, 5.41) is 0. The van der Waals surface area contributed by atoms with Crippen LogP contribution in [0.3, 0.4) is 0 Å². The average molecular weight is 272 g/mol. The molecule has 1 amide bonds. The van der Waals surface area contributed by atoms with Crippen LogP contribution in [0, 0.1) is 5.92 Å². The minimum Gasteiger partial charge on any atom is -0.342 e. The van der Waals surface area contributed by atoms with E-state index < -0.39 is 0 Å². The van der Waals surface area contributed by atoms with Gasteiger partial charge in [0, 0.05) is 26.1 Å². The second-order valence-electron chi connectivity index (χ2n) is 5.41. The van der Waals surface area contributed by atoms with Gasteiger partial charge >= 0.3 is 0 Å². The molecule has 20 heavy (non-hydrogen) atoms. The number of aromatic nitrogens is 2. The number of hydrogen-bond acceptors (Lipinski definition) is 3. The Bertz CT molecular complexity index is 607. The van der Waals surface area contributed by atoms with Gasteiger partial charge in [0.2, 0.25) is 5.91 Å². The summed E-state index contributed by atoms with van der Waals surface area (Å²) in [6.07, 6.45) is 3.37. The Kier molecular flexibility index (Phi) is 3.69. The van der Waals surface area contributed by atoms with Crippen LogP contribution in [-0.2, 0) is 11.3 Å². The summed E-state index contributed by atoms with van der Waals surface area (Å²) < 4.78 is 2.05. The molecule has 1 atom stereocenters. The molecular formula is C15H20N4O. The Morgan fingerprint density at radius 3 is 3.05 bits per heavy atom. The summed E-state index contributed by atoms with van der Waals surface area (Å²) >= 11 is 0. The van der Waals surface area contributed by atoms with Crippen molar-refractivity contribution in [2.75, 3.05) is 19.6 Å². The van der Waals surface area contributed by atoms with Crippen molar-refractivity contribution in [2.24, 2.45) is 11.7 Å². The fraction of sp³-hybridized carbons (Fsp3) is 0.467. The molecule has 0 spiro atoms. The van der Waals surface area contributed by atoms with Crippen LogP contribution in [0.4, 0.5) is 0 Å². The second-order valence-corrected chi connectivity index (χ2v) is 5.41. The Morgan fingerprint density at radius 1 is 1.40 bits per heavy atom. The Labute approximate surface area is 118 Å². The molecule has 2 N–H and O–H groups in total. The maximum absolute atomic E-state index is 12.2. The van der Waals surface area contributed by atoms with Crippen molar-refractivity contribution in [3.05, 3.63) is 30.6 Å². The highest BCUT2D eigenvalue weighted by molar-refractivity contribution is 5.77. The van der Waals surface area contributed by atoms with Gasteiger partial charge in [-0.05, 0) is 31.0 Å². The minimum atomic E-state index is 0.221. The maximum atomic E-state index is 12.2. The predicted molar refractivity (Wildman–Crippen MR) is 78.1 cm³/mol. The summed E-state index contributed by atoms with van der Waals surface area (Å²) in [7, 11) is 0. The molecule has 1 aromatic heterocycles. The lowest BCUT2D eigenvalue weighted by molar-refractivity contribution is -0.130. The zero-order valence-corrected chi connectivity index (χ0v) is 11.5. The number of carbonyl (C=O) groups is 1. The molecule has 0 bridgehead atoms. The number of hydrogen-bond donors (Lipinski definition) is 1. The zero-order valence-electron chi connectivity index (χ0n) is 11.5. The number of nitrogens with two attached hydrogens (primary N) is 1. The highest BCUT2D eigenvalue weighted by Crippen LogP contribution is 2.17. The third kappa shape index (κ3) is 2.54. The van der Waals surface area contributed by atoms with E-state index in [-0.39, 0.29) is 5.91 Å². The largest absolute Gasteiger partial charge is 0.342 e. The molecule has 2 heterocycles. The van der Waals surface area contributed by atoms with Gasteiger partial charge in [-0.2, -0.15) is 0 Å². The second kappa shape index (κ2) is 5.63. The molecule has 1 saturated heterocycles. The fourth-order valence-corrected chi connectivity index (χ4v) is 2.81. The first-order valence-corrected chi connectivity index (χ1v) is 7.15. The monoisotopic (exact) mass is 272 g/mol. The SMILES string of the molecule is NCC1CCN(C(=O)CCn2cnc3ccccc32)C1. The van der Waals surface area contributed by atoms with Gasteiger partial charge in [0.15, 0.2) is 0 Å². The van der Waals surface area contributed by atoms with Gasteiger partial charge < -0.3 is 15.2 Å². The Hall–Kier alpha value is -1.88. The molecular weight excluding hydrogens is 252 g/mol. The molecule has 1 aromatic carbocycles. The number of aryl methyl sites for hydroxylation is 1. The topological polar surface area (TPSA) is 64.2 Å². The lowest BCUT2D eigenvalue weighted by atomic mass is 10.1. The number of benzene rings is 1. The van der Waals surface area contributed by atoms with Crippen LogP contribution >= 0.6 is 0 Å². The van der Waals surface area contributed by atoms with Crippen LogP contribution in [-0.4, -0.2) is 40.0 Å². The van der Waals surface area contributed by atoms with E-state index in [2.05, 4.69) is 4.98 Å². The van der Waals surface area contributed by atoms with E-state index in [1.165, 1.54) is 0 Å². The average Bonchev–Trinajstić information content (AvgIpc) is 3.11. The quantitative estimate of drug-likeness (QED) is 0.910. The van der Waals surface area contributed by atoms with Crippen molar-refractivity contribution in [3.8, 4) is 0 Å². The van der Waals surface area contributed by atoms with Crippen LogP contribution in [0.15, 0.2) is 30.6 Å². The Balaban J connectivity index is 1.61. The van der Waals surface area contributed by atoms with Crippen LogP contribution in [0.25, 0.3) is 11.0 Å². The first-order valence-electron chi connectivity index (χ1n) is 7.15. The molecule has 1 fully saturated rings. The van der Waals surface area contributed by atoms with Gasteiger partial charge in [0.1, 0.15) is 0 Å². The van der Waals surface area contributed by atoms with E-state index in [4.69, 9.17) is 5.73 Å². The van der Waals surface area contributed by atoms with Crippen molar-refractivity contribution in [1.82, 2.24) is 14.5 Å². The number of amides is 1.